The molecule has 3 N–H and O–H groups in total. The van der Waals surface area contributed by atoms with Gasteiger partial charge in [-0.1, -0.05) is 26.0 Å². The third-order valence-corrected chi connectivity index (χ3v) is 11.0. The molecule has 4 atom stereocenters. The van der Waals surface area contributed by atoms with Gasteiger partial charge in [-0.2, -0.15) is 5.10 Å². The van der Waals surface area contributed by atoms with E-state index in [0.29, 0.717) is 24.4 Å². The summed E-state index contributed by atoms with van der Waals surface area (Å²) >= 11 is 0. The molecule has 2 aromatic heterocycles. The van der Waals surface area contributed by atoms with E-state index in [1.54, 1.807) is 12.1 Å². The molecule has 3 heterocycles. The van der Waals surface area contributed by atoms with Gasteiger partial charge in [0.05, 0.1) is 24.2 Å². The van der Waals surface area contributed by atoms with E-state index in [1.807, 2.05) is 24.0 Å². The predicted molar refractivity (Wildman–Crippen MR) is 182 cm³/mol. The van der Waals surface area contributed by atoms with Gasteiger partial charge in [-0.3, -0.25) is 9.48 Å². The van der Waals surface area contributed by atoms with Gasteiger partial charge in [-0.15, -0.1) is 0 Å². The summed E-state index contributed by atoms with van der Waals surface area (Å²) in [6, 6.07) is 9.42. The third kappa shape index (κ3) is 8.20. The van der Waals surface area contributed by atoms with Crippen molar-refractivity contribution < 1.29 is 14.3 Å². The first-order valence-electron chi connectivity index (χ1n) is 17.8. The summed E-state index contributed by atoms with van der Waals surface area (Å²) in [7, 11) is 2.00. The molecule has 1 saturated carbocycles. The number of piperidine rings is 1. The lowest BCUT2D eigenvalue weighted by molar-refractivity contribution is -0.143. The molecule has 10 heteroatoms. The zero-order valence-corrected chi connectivity index (χ0v) is 28.3. The van der Waals surface area contributed by atoms with Gasteiger partial charge in [0.25, 0.3) is 0 Å². The minimum atomic E-state index is -0.661. The van der Waals surface area contributed by atoms with E-state index in [0.717, 1.165) is 105 Å². The number of benzene rings is 1. The van der Waals surface area contributed by atoms with Crippen molar-refractivity contribution in [3.8, 4) is 0 Å². The number of carboxylic acid groups (broad SMARTS) is 1. The van der Waals surface area contributed by atoms with Crippen molar-refractivity contribution in [1.29, 1.82) is 0 Å². The van der Waals surface area contributed by atoms with E-state index in [9.17, 15) is 14.3 Å². The van der Waals surface area contributed by atoms with Crippen LogP contribution in [0.5, 0.6) is 0 Å². The fourth-order valence-corrected chi connectivity index (χ4v) is 8.36. The van der Waals surface area contributed by atoms with Crippen LogP contribution < -0.4 is 10.6 Å². The van der Waals surface area contributed by atoms with Crippen LogP contribution >= 0.6 is 0 Å². The molecule has 0 radical (unpaired) electrons. The van der Waals surface area contributed by atoms with Gasteiger partial charge in [0, 0.05) is 43.6 Å². The molecule has 1 aliphatic heterocycles. The number of nitrogens with one attached hydrogen (secondary N) is 2. The van der Waals surface area contributed by atoms with Crippen molar-refractivity contribution >= 4 is 11.8 Å². The number of nitrogens with zero attached hydrogens (tertiary/aromatic N) is 5. The van der Waals surface area contributed by atoms with Gasteiger partial charge in [0.1, 0.15) is 17.5 Å². The lowest BCUT2D eigenvalue weighted by Crippen LogP contribution is -2.39. The number of likely N-dealkylation sites (tertiary alicyclic amines) is 1. The third-order valence-electron chi connectivity index (χ3n) is 11.0. The number of fused-ring (bicyclic) bond motifs is 1. The fraction of sp³-hybridized carbons (Fsp3) is 0.622. The van der Waals surface area contributed by atoms with E-state index in [-0.39, 0.29) is 23.7 Å². The number of hydrogen-bond donors (Lipinski definition) is 3. The van der Waals surface area contributed by atoms with E-state index < -0.39 is 5.97 Å². The Morgan fingerprint density at radius 3 is 2.66 bits per heavy atom. The van der Waals surface area contributed by atoms with Gasteiger partial charge in [-0.25, -0.2) is 14.4 Å². The van der Waals surface area contributed by atoms with Crippen LogP contribution in [0.15, 0.2) is 36.5 Å². The van der Waals surface area contributed by atoms with Crippen LogP contribution in [0.2, 0.25) is 0 Å². The summed E-state index contributed by atoms with van der Waals surface area (Å²) in [4.78, 5) is 24.4. The second-order valence-electron chi connectivity index (χ2n) is 14.3. The number of aromatic nitrogens is 4. The first-order valence-corrected chi connectivity index (χ1v) is 17.8. The van der Waals surface area contributed by atoms with Crippen LogP contribution in [0.25, 0.3) is 0 Å². The largest absolute Gasteiger partial charge is 0.481 e. The highest BCUT2D eigenvalue weighted by Crippen LogP contribution is 2.37. The summed E-state index contributed by atoms with van der Waals surface area (Å²) in [5.74, 6) is 1.93. The number of carbonyl (C=O) groups is 1. The Hall–Kier alpha value is -3.37. The molecule has 3 aliphatic rings. The first-order chi connectivity index (χ1) is 22.8. The minimum Gasteiger partial charge on any atom is -0.481 e. The van der Waals surface area contributed by atoms with Crippen molar-refractivity contribution in [1.82, 2.24) is 30.0 Å². The highest BCUT2D eigenvalue weighted by molar-refractivity contribution is 5.70. The van der Waals surface area contributed by atoms with Crippen LogP contribution in [0.1, 0.15) is 106 Å². The Morgan fingerprint density at radius 1 is 1.13 bits per heavy atom. The standard InChI is InChI=1S/C37H52FN7O2/c1-4-31(25-10-12-26(13-11-25)37(46)47)39-21-35-41-32-15-14-28(27-8-5-9-29(38)19-27)20-30(32)36(43-35)42-33(34-16-17-40-44(34)3)23-45-18-6-7-24(2)22-45/h5,8-9,16-17,19,24-26,28,31,33,39H,4,6-7,10-15,18,20-23H2,1-3H3,(H,46,47)(H,41,42,43)/t24-,25?,26?,28+,31+,33-/m0/s1. The van der Waals surface area contributed by atoms with Crippen molar-refractivity contribution in [2.45, 2.75) is 103 Å². The molecule has 6 rings (SSSR count). The zero-order valence-electron chi connectivity index (χ0n) is 28.3. The molecule has 3 aromatic rings. The summed E-state index contributed by atoms with van der Waals surface area (Å²) in [6.45, 7) is 8.14. The molecular formula is C37H52FN7O2. The number of anilines is 1. The molecular weight excluding hydrogens is 593 g/mol. The molecule has 1 aromatic carbocycles. The maximum atomic E-state index is 14.3. The van der Waals surface area contributed by atoms with Crippen LogP contribution in [-0.4, -0.2) is 61.4 Å². The van der Waals surface area contributed by atoms with Crippen LogP contribution in [0, 0.1) is 23.6 Å². The number of carboxylic acids is 1. The quantitative estimate of drug-likeness (QED) is 0.212. The summed E-state index contributed by atoms with van der Waals surface area (Å²) in [6.07, 6.45) is 11.2. The molecule has 0 unspecified atom stereocenters. The average Bonchev–Trinajstić information content (AvgIpc) is 3.50. The second-order valence-corrected chi connectivity index (χ2v) is 14.3. The van der Waals surface area contributed by atoms with Crippen molar-refractivity contribution in [3.63, 3.8) is 0 Å². The number of hydrogen-bond acceptors (Lipinski definition) is 7. The monoisotopic (exact) mass is 645 g/mol. The van der Waals surface area contributed by atoms with Crippen molar-refractivity contribution in [2.75, 3.05) is 25.0 Å². The number of aliphatic carboxylic acids is 1. The van der Waals surface area contributed by atoms with Gasteiger partial charge >= 0.3 is 5.97 Å². The Bertz CT molecular complexity index is 1500. The Morgan fingerprint density at radius 2 is 1.96 bits per heavy atom. The maximum Gasteiger partial charge on any atom is 0.306 e. The van der Waals surface area contributed by atoms with Gasteiger partial charge in [-0.05, 0) is 112 Å². The molecule has 1 saturated heterocycles. The molecule has 254 valence electrons. The normalized spacial score (nSPS) is 24.8. The molecule has 0 bridgehead atoms. The topological polar surface area (TPSA) is 108 Å². The smallest absolute Gasteiger partial charge is 0.306 e. The molecule has 0 amide bonds. The SMILES string of the molecule is CC[C@@H](NCc1nc2c(c(N[C@@H](CN3CCC[C@H](C)C3)c3ccnn3C)n1)C[C@H](c1cccc(F)c1)CC2)C1CCC(C(=O)O)CC1. The summed E-state index contributed by atoms with van der Waals surface area (Å²) < 4.78 is 16.2. The van der Waals surface area contributed by atoms with Crippen LogP contribution in [0.4, 0.5) is 10.2 Å². The lowest BCUT2D eigenvalue weighted by Gasteiger charge is -2.35. The van der Waals surface area contributed by atoms with E-state index in [1.165, 1.54) is 18.9 Å². The van der Waals surface area contributed by atoms with Crippen molar-refractivity contribution in [2.24, 2.45) is 24.8 Å². The van der Waals surface area contributed by atoms with Gasteiger partial charge in [0.2, 0.25) is 0 Å². The van der Waals surface area contributed by atoms with Crippen molar-refractivity contribution in [3.05, 3.63) is 70.7 Å². The maximum absolute atomic E-state index is 14.3. The molecule has 2 aliphatic carbocycles. The fourth-order valence-electron chi connectivity index (χ4n) is 8.36. The van der Waals surface area contributed by atoms with E-state index >= 15 is 0 Å². The summed E-state index contributed by atoms with van der Waals surface area (Å²) in [5, 5.41) is 21.7. The Balaban J connectivity index is 1.27. The first kappa shape index (κ1) is 33.5. The molecule has 2 fully saturated rings. The predicted octanol–water partition coefficient (Wildman–Crippen LogP) is 6.27. The highest BCUT2D eigenvalue weighted by Gasteiger charge is 2.31. The molecule has 47 heavy (non-hydrogen) atoms. The minimum absolute atomic E-state index is 0.00466. The highest BCUT2D eigenvalue weighted by atomic mass is 19.1. The molecule has 9 nitrogen and oxygen atoms in total. The average molecular weight is 646 g/mol. The van der Waals surface area contributed by atoms with Crippen LogP contribution in [-0.2, 0) is 31.2 Å². The summed E-state index contributed by atoms with van der Waals surface area (Å²) in [5.41, 5.74) is 4.36. The zero-order chi connectivity index (χ0) is 32.9. The van der Waals surface area contributed by atoms with Crippen LogP contribution in [0.3, 0.4) is 0 Å². The van der Waals surface area contributed by atoms with Gasteiger partial charge in [0.15, 0.2) is 0 Å². The Labute approximate surface area is 278 Å². The van der Waals surface area contributed by atoms with E-state index in [4.69, 9.17) is 9.97 Å². The molecule has 0 spiro atoms. The number of aryl methyl sites for hydroxylation is 2. The second kappa shape index (κ2) is 15.2. The lowest BCUT2D eigenvalue weighted by atomic mass is 9.78. The number of rotatable bonds is 12. The number of halogens is 1. The van der Waals surface area contributed by atoms with Gasteiger partial charge < -0.3 is 20.6 Å². The van der Waals surface area contributed by atoms with E-state index in [2.05, 4.69) is 40.5 Å². The Kier molecular flexibility index (Phi) is 10.9.